The van der Waals surface area contributed by atoms with E-state index in [9.17, 15) is 9.90 Å². The first-order valence-electron chi connectivity index (χ1n) is 8.36. The molecule has 0 bridgehead atoms. The van der Waals surface area contributed by atoms with Crippen molar-refractivity contribution in [1.82, 2.24) is 0 Å². The van der Waals surface area contributed by atoms with Crippen molar-refractivity contribution in [2.75, 3.05) is 14.2 Å². The van der Waals surface area contributed by atoms with Crippen LogP contribution in [0, 0.1) is 0 Å². The van der Waals surface area contributed by atoms with Crippen LogP contribution in [0.4, 0.5) is 0 Å². The minimum atomic E-state index is -0.588. The Hall–Kier alpha value is -3.01. The Kier molecular flexibility index (Phi) is 6.61. The molecule has 0 saturated carbocycles. The minimum Gasteiger partial charge on any atom is -0.507 e. The highest BCUT2D eigenvalue weighted by molar-refractivity contribution is 5.99. The fourth-order valence-electron chi connectivity index (χ4n) is 2.73. The molecule has 136 valence electrons. The summed E-state index contributed by atoms with van der Waals surface area (Å²) in [7, 11) is 2.84. The zero-order chi connectivity index (χ0) is 19.1. The van der Waals surface area contributed by atoms with Crippen molar-refractivity contribution in [2.24, 2.45) is 0 Å². The third-order valence-electron chi connectivity index (χ3n) is 4.07. The number of phenolic OH excluding ortho intramolecular Hbond substituents is 1. The van der Waals surface area contributed by atoms with Crippen molar-refractivity contribution in [3.8, 4) is 11.5 Å². The molecule has 4 nitrogen and oxygen atoms in total. The Morgan fingerprint density at radius 2 is 1.88 bits per heavy atom. The van der Waals surface area contributed by atoms with Crippen LogP contribution < -0.4 is 4.74 Å². The van der Waals surface area contributed by atoms with E-state index in [1.54, 1.807) is 7.11 Å². The van der Waals surface area contributed by atoms with Gasteiger partial charge in [0.05, 0.1) is 14.2 Å². The lowest BCUT2D eigenvalue weighted by Gasteiger charge is -2.17. The molecule has 0 saturated heterocycles. The van der Waals surface area contributed by atoms with Gasteiger partial charge in [-0.05, 0) is 30.9 Å². The number of hydrogen-bond donors (Lipinski definition) is 1. The molecule has 0 aromatic heterocycles. The number of carbonyl (C=O) groups excluding carboxylic acids is 1. The number of hydrogen-bond acceptors (Lipinski definition) is 4. The molecule has 2 rings (SSSR count). The molecule has 0 aliphatic rings. The topological polar surface area (TPSA) is 55.8 Å². The van der Waals surface area contributed by atoms with Gasteiger partial charge in [0.25, 0.3) is 0 Å². The number of esters is 1. The second kappa shape index (κ2) is 8.90. The molecule has 26 heavy (non-hydrogen) atoms. The van der Waals surface area contributed by atoms with Crippen molar-refractivity contribution in [2.45, 2.75) is 19.8 Å². The van der Waals surface area contributed by atoms with Crippen LogP contribution in [-0.4, -0.2) is 25.3 Å². The maximum atomic E-state index is 12.3. The summed E-state index contributed by atoms with van der Waals surface area (Å²) < 4.78 is 10.3. The molecule has 0 spiro atoms. The number of benzene rings is 2. The molecule has 1 N–H and O–H groups in total. The summed E-state index contributed by atoms with van der Waals surface area (Å²) in [5, 5.41) is 10.4. The zero-order valence-corrected chi connectivity index (χ0v) is 15.4. The molecule has 2 aromatic rings. The number of carbonyl (C=O) groups is 1. The quantitative estimate of drug-likeness (QED) is 0.439. The number of ether oxygens (including phenoxy) is 2. The Morgan fingerprint density at radius 1 is 1.19 bits per heavy atom. The number of methoxy groups -OCH3 is 2. The predicted molar refractivity (Wildman–Crippen MR) is 105 cm³/mol. The molecule has 0 heterocycles. The van der Waals surface area contributed by atoms with Gasteiger partial charge in [0.1, 0.15) is 17.1 Å². The van der Waals surface area contributed by atoms with E-state index in [1.165, 1.54) is 13.2 Å². The summed E-state index contributed by atoms with van der Waals surface area (Å²) in [6.07, 6.45) is 5.09. The molecule has 2 aromatic carbocycles. The smallest absolute Gasteiger partial charge is 0.342 e. The van der Waals surface area contributed by atoms with Crippen LogP contribution in [0.1, 0.15) is 40.4 Å². The summed E-state index contributed by atoms with van der Waals surface area (Å²) in [5.74, 6) is -0.223. The number of rotatable bonds is 7. The zero-order valence-electron chi connectivity index (χ0n) is 15.4. The summed E-state index contributed by atoms with van der Waals surface area (Å²) in [4.78, 5) is 12.3. The molecule has 4 heteroatoms. The van der Waals surface area contributed by atoms with E-state index in [0.29, 0.717) is 17.7 Å². The van der Waals surface area contributed by atoms with E-state index in [2.05, 4.69) is 6.58 Å². The van der Waals surface area contributed by atoms with Gasteiger partial charge in [0.2, 0.25) is 0 Å². The van der Waals surface area contributed by atoms with Gasteiger partial charge in [0, 0.05) is 11.6 Å². The highest BCUT2D eigenvalue weighted by atomic mass is 16.5. The molecular weight excluding hydrogens is 328 g/mol. The molecule has 0 amide bonds. The molecule has 0 radical (unpaired) electrons. The number of allylic oxidation sites excluding steroid dienone is 1. The van der Waals surface area contributed by atoms with Gasteiger partial charge in [-0.25, -0.2) is 4.79 Å². The second-order valence-corrected chi connectivity index (χ2v) is 6.06. The maximum Gasteiger partial charge on any atom is 0.342 e. The Morgan fingerprint density at radius 3 is 2.46 bits per heavy atom. The highest BCUT2D eigenvalue weighted by Gasteiger charge is 2.22. The highest BCUT2D eigenvalue weighted by Crippen LogP contribution is 2.36. The molecule has 0 fully saturated rings. The average Bonchev–Trinajstić information content (AvgIpc) is 2.64. The van der Waals surface area contributed by atoms with Crippen molar-refractivity contribution < 1.29 is 19.4 Å². The predicted octanol–water partition coefficient (Wildman–Crippen LogP) is 4.87. The van der Waals surface area contributed by atoms with E-state index < -0.39 is 5.97 Å². The molecule has 0 aliphatic carbocycles. The van der Waals surface area contributed by atoms with E-state index in [4.69, 9.17) is 9.47 Å². The fraction of sp³-hybridized carbons (Fsp3) is 0.227. The van der Waals surface area contributed by atoms with Crippen molar-refractivity contribution in [3.63, 3.8) is 0 Å². The Labute approximate surface area is 154 Å². The van der Waals surface area contributed by atoms with Crippen LogP contribution >= 0.6 is 0 Å². The molecule has 0 aliphatic heterocycles. The SMILES string of the molecule is C=C(C)CCc1c(OC)cc(O)c(C(=O)OC)c1/C=C/c1ccccc1. The monoisotopic (exact) mass is 352 g/mol. The van der Waals surface area contributed by atoms with Gasteiger partial charge in [-0.15, -0.1) is 6.58 Å². The summed E-state index contributed by atoms with van der Waals surface area (Å²) in [6.45, 7) is 5.89. The maximum absolute atomic E-state index is 12.3. The van der Waals surface area contributed by atoms with E-state index in [1.807, 2.05) is 49.4 Å². The first kappa shape index (κ1) is 19.3. The van der Waals surface area contributed by atoms with Crippen LogP contribution in [0.25, 0.3) is 12.2 Å². The summed E-state index contributed by atoms with van der Waals surface area (Å²) in [6, 6.07) is 11.2. The van der Waals surface area contributed by atoms with Crippen molar-refractivity contribution >= 4 is 18.1 Å². The normalized spacial score (nSPS) is 10.7. The lowest BCUT2D eigenvalue weighted by molar-refractivity contribution is 0.0597. The van der Waals surface area contributed by atoms with E-state index in [-0.39, 0.29) is 11.3 Å². The van der Waals surface area contributed by atoms with E-state index in [0.717, 1.165) is 23.1 Å². The van der Waals surface area contributed by atoms with Gasteiger partial charge in [-0.1, -0.05) is 48.1 Å². The van der Waals surface area contributed by atoms with Crippen molar-refractivity contribution in [1.29, 1.82) is 0 Å². The van der Waals surface area contributed by atoms with Crippen LogP contribution in [0.15, 0.2) is 48.6 Å². The lowest BCUT2D eigenvalue weighted by atomic mass is 9.93. The molecule has 0 unspecified atom stereocenters. The molecular formula is C22H24O4. The van der Waals surface area contributed by atoms with Gasteiger partial charge < -0.3 is 14.6 Å². The summed E-state index contributed by atoms with van der Waals surface area (Å²) >= 11 is 0. The van der Waals surface area contributed by atoms with Crippen LogP contribution in [-0.2, 0) is 11.2 Å². The van der Waals surface area contributed by atoms with Crippen LogP contribution in [0.3, 0.4) is 0 Å². The van der Waals surface area contributed by atoms with Crippen LogP contribution in [0.2, 0.25) is 0 Å². The third kappa shape index (κ3) is 4.54. The fourth-order valence-corrected chi connectivity index (χ4v) is 2.73. The van der Waals surface area contributed by atoms with Crippen LogP contribution in [0.5, 0.6) is 11.5 Å². The minimum absolute atomic E-state index is 0.136. The third-order valence-corrected chi connectivity index (χ3v) is 4.07. The van der Waals surface area contributed by atoms with Crippen molar-refractivity contribution in [3.05, 3.63) is 70.8 Å². The Bertz CT molecular complexity index is 820. The van der Waals surface area contributed by atoms with Gasteiger partial charge >= 0.3 is 5.97 Å². The van der Waals surface area contributed by atoms with Gasteiger partial charge in [-0.2, -0.15) is 0 Å². The van der Waals surface area contributed by atoms with E-state index >= 15 is 0 Å². The lowest BCUT2D eigenvalue weighted by Crippen LogP contribution is -2.08. The summed E-state index contributed by atoms with van der Waals surface area (Å²) in [5.41, 5.74) is 3.58. The largest absolute Gasteiger partial charge is 0.507 e. The molecule has 0 atom stereocenters. The van der Waals surface area contributed by atoms with Gasteiger partial charge in [0.15, 0.2) is 0 Å². The second-order valence-electron chi connectivity index (χ2n) is 6.06. The first-order valence-corrected chi connectivity index (χ1v) is 8.36. The Balaban J connectivity index is 2.64. The standard InChI is InChI=1S/C22H24O4/c1-15(2)10-12-17-18(13-11-16-8-6-5-7-9-16)21(22(24)26-4)19(23)14-20(17)25-3/h5-9,11,13-14,23H,1,10,12H2,2-4H3/b13-11+. The number of aromatic hydroxyl groups is 1. The average molecular weight is 352 g/mol. The van der Waals surface area contributed by atoms with Gasteiger partial charge in [-0.3, -0.25) is 0 Å². The first-order chi connectivity index (χ1) is 12.5. The number of phenols is 1.